The average Bonchev–Trinajstić information content (AvgIpc) is 2.99. The molecule has 3 heterocycles. The van der Waals surface area contributed by atoms with Crippen LogP contribution in [0.4, 0.5) is 4.39 Å². The monoisotopic (exact) mass is 608 g/mol. The van der Waals surface area contributed by atoms with Gasteiger partial charge in [0.25, 0.3) is 5.91 Å². The van der Waals surface area contributed by atoms with E-state index < -0.39 is 5.60 Å². The number of phenols is 1. The van der Waals surface area contributed by atoms with E-state index in [4.69, 9.17) is 25.8 Å². The predicted octanol–water partition coefficient (Wildman–Crippen LogP) is 6.16. The van der Waals surface area contributed by atoms with Gasteiger partial charge in [-0.15, -0.1) is 0 Å². The number of phenolic OH excluding ortho intramolecular Hbond substituents is 1. The number of hydrogen-bond donors (Lipinski definition) is 1. The summed E-state index contributed by atoms with van der Waals surface area (Å²) in [5, 5.41) is 11.7. The lowest BCUT2D eigenvalue weighted by molar-refractivity contribution is -0.149. The van der Waals surface area contributed by atoms with Crippen molar-refractivity contribution in [2.24, 2.45) is 5.92 Å². The lowest BCUT2D eigenvalue weighted by Gasteiger charge is -2.49. The standard InChI is InChI=1S/C34H38ClFN2O5/c1-34(2)29-12-11-27(17-22-3-7-25(36)8-4-22)42-33(29)28-19-30(39)23(18-31(28)43-34)20-37-13-15-38(16-14-37)32(40)21-41-26-9-5-24(35)6-10-26/h3-10,18-19,27,29,33,39H,11-17,20-21H2,1-2H3/t27-,29+,33-/m0/s1. The molecule has 228 valence electrons. The van der Waals surface area contributed by atoms with Crippen LogP contribution in [0.3, 0.4) is 0 Å². The van der Waals surface area contributed by atoms with Gasteiger partial charge in [0.05, 0.1) is 12.2 Å². The molecule has 0 radical (unpaired) electrons. The Morgan fingerprint density at radius 3 is 2.49 bits per heavy atom. The number of nitrogens with zero attached hydrogens (tertiary/aromatic N) is 2. The zero-order valence-corrected chi connectivity index (χ0v) is 25.4. The molecule has 2 saturated heterocycles. The van der Waals surface area contributed by atoms with Crippen molar-refractivity contribution in [2.45, 2.75) is 57.5 Å². The Balaban J connectivity index is 1.08. The van der Waals surface area contributed by atoms with E-state index in [1.54, 1.807) is 24.3 Å². The van der Waals surface area contributed by atoms with E-state index in [1.165, 1.54) is 12.1 Å². The molecule has 3 aliphatic heterocycles. The van der Waals surface area contributed by atoms with Crippen molar-refractivity contribution in [1.82, 2.24) is 9.80 Å². The van der Waals surface area contributed by atoms with Crippen LogP contribution in [-0.2, 0) is 22.5 Å². The highest BCUT2D eigenvalue weighted by Crippen LogP contribution is 2.52. The van der Waals surface area contributed by atoms with Crippen LogP contribution in [-0.4, -0.2) is 65.3 Å². The molecule has 3 atom stereocenters. The van der Waals surface area contributed by atoms with Gasteiger partial charge in [0, 0.05) is 54.8 Å². The number of amides is 1. The highest BCUT2D eigenvalue weighted by atomic mass is 35.5. The summed E-state index contributed by atoms with van der Waals surface area (Å²) >= 11 is 5.91. The van der Waals surface area contributed by atoms with E-state index in [0.29, 0.717) is 49.9 Å². The fraction of sp³-hybridized carbons (Fsp3) is 0.441. The molecule has 7 nitrogen and oxygen atoms in total. The van der Waals surface area contributed by atoms with Crippen molar-refractivity contribution in [1.29, 1.82) is 0 Å². The van der Waals surface area contributed by atoms with Crippen molar-refractivity contribution in [3.8, 4) is 17.2 Å². The third-order valence-corrected chi connectivity index (χ3v) is 9.21. The summed E-state index contributed by atoms with van der Waals surface area (Å²) in [5.74, 6) is 1.44. The Morgan fingerprint density at radius 2 is 1.77 bits per heavy atom. The van der Waals surface area contributed by atoms with Crippen molar-refractivity contribution in [3.63, 3.8) is 0 Å². The Kier molecular flexibility index (Phi) is 8.54. The smallest absolute Gasteiger partial charge is 0.260 e. The minimum atomic E-state index is -0.424. The normalized spacial score (nSPS) is 23.2. The van der Waals surface area contributed by atoms with Crippen LogP contribution in [0.1, 0.15) is 49.5 Å². The highest BCUT2D eigenvalue weighted by Gasteiger charge is 2.48. The molecule has 9 heteroatoms. The van der Waals surface area contributed by atoms with E-state index >= 15 is 0 Å². The first-order chi connectivity index (χ1) is 20.6. The quantitative estimate of drug-likeness (QED) is 0.347. The Bertz CT molecular complexity index is 1440. The third kappa shape index (κ3) is 6.77. The Morgan fingerprint density at radius 1 is 1.05 bits per heavy atom. The van der Waals surface area contributed by atoms with Gasteiger partial charge < -0.3 is 24.2 Å². The van der Waals surface area contributed by atoms with Crippen LogP contribution in [0.5, 0.6) is 17.2 Å². The number of carbonyl (C=O) groups excluding carboxylic acids is 1. The summed E-state index contributed by atoms with van der Waals surface area (Å²) in [5.41, 5.74) is 2.29. The summed E-state index contributed by atoms with van der Waals surface area (Å²) < 4.78 is 32.2. The van der Waals surface area contributed by atoms with Crippen LogP contribution in [0.2, 0.25) is 5.02 Å². The summed E-state index contributed by atoms with van der Waals surface area (Å²) in [6.07, 6.45) is 2.37. The van der Waals surface area contributed by atoms with Gasteiger partial charge in [0.2, 0.25) is 0 Å². The SMILES string of the molecule is CC1(C)Oc2cc(CN3CCN(C(=O)COc4ccc(Cl)cc4)CC3)c(O)cc2[C@@H]2O[C@H](Cc3ccc(F)cc3)CC[C@H]21. The van der Waals surface area contributed by atoms with Crippen molar-refractivity contribution in [2.75, 3.05) is 32.8 Å². The Hall–Kier alpha value is -3.33. The summed E-state index contributed by atoms with van der Waals surface area (Å²) in [7, 11) is 0. The lowest BCUT2D eigenvalue weighted by atomic mass is 9.74. The molecule has 0 saturated carbocycles. The minimum Gasteiger partial charge on any atom is -0.508 e. The van der Waals surface area contributed by atoms with Gasteiger partial charge in [-0.1, -0.05) is 23.7 Å². The van der Waals surface area contributed by atoms with Gasteiger partial charge in [-0.2, -0.15) is 0 Å². The number of hydrogen-bond acceptors (Lipinski definition) is 6. The molecule has 0 bridgehead atoms. The third-order valence-electron chi connectivity index (χ3n) is 8.96. The minimum absolute atomic E-state index is 0.00544. The van der Waals surface area contributed by atoms with Crippen molar-refractivity contribution < 1.29 is 28.5 Å². The topological polar surface area (TPSA) is 71.5 Å². The molecule has 2 fully saturated rings. The maximum absolute atomic E-state index is 13.4. The molecular formula is C34H38ClFN2O5. The fourth-order valence-electron chi connectivity index (χ4n) is 6.51. The molecule has 3 aliphatic rings. The molecule has 0 unspecified atom stereocenters. The zero-order valence-electron chi connectivity index (χ0n) is 24.6. The summed E-state index contributed by atoms with van der Waals surface area (Å²) in [6, 6.07) is 17.3. The number of piperazine rings is 1. The molecular weight excluding hydrogens is 571 g/mol. The Labute approximate surface area is 257 Å². The highest BCUT2D eigenvalue weighted by molar-refractivity contribution is 6.30. The lowest BCUT2D eigenvalue weighted by Crippen LogP contribution is -2.49. The van der Waals surface area contributed by atoms with Crippen molar-refractivity contribution in [3.05, 3.63) is 88.2 Å². The second-order valence-electron chi connectivity index (χ2n) is 12.3. The first-order valence-electron chi connectivity index (χ1n) is 15.0. The zero-order chi connectivity index (χ0) is 30.1. The summed E-state index contributed by atoms with van der Waals surface area (Å²) in [6.45, 7) is 7.30. The largest absolute Gasteiger partial charge is 0.508 e. The number of carbonyl (C=O) groups is 1. The van der Waals surface area contributed by atoms with Crippen molar-refractivity contribution >= 4 is 17.5 Å². The maximum atomic E-state index is 13.4. The van der Waals surface area contributed by atoms with E-state index in [1.807, 2.05) is 29.2 Å². The molecule has 0 spiro atoms. The molecule has 43 heavy (non-hydrogen) atoms. The molecule has 0 aromatic heterocycles. The van der Waals surface area contributed by atoms with E-state index in [0.717, 1.165) is 35.3 Å². The fourth-order valence-corrected chi connectivity index (χ4v) is 6.64. The van der Waals surface area contributed by atoms with E-state index in [-0.39, 0.29) is 42.2 Å². The average molecular weight is 609 g/mol. The first kappa shape index (κ1) is 29.7. The van der Waals surface area contributed by atoms with Crippen LogP contribution in [0, 0.1) is 11.7 Å². The van der Waals surface area contributed by atoms with Gasteiger partial charge >= 0.3 is 0 Å². The van der Waals surface area contributed by atoms with Gasteiger partial charge in [-0.3, -0.25) is 9.69 Å². The first-order valence-corrected chi connectivity index (χ1v) is 15.4. The van der Waals surface area contributed by atoms with Crippen LogP contribution >= 0.6 is 11.6 Å². The number of fused-ring (bicyclic) bond motifs is 3. The molecule has 1 amide bonds. The molecule has 0 aliphatic carbocycles. The maximum Gasteiger partial charge on any atom is 0.260 e. The van der Waals surface area contributed by atoms with Crippen LogP contribution < -0.4 is 9.47 Å². The van der Waals surface area contributed by atoms with Gasteiger partial charge in [0.15, 0.2) is 6.61 Å². The predicted molar refractivity (Wildman–Crippen MR) is 162 cm³/mol. The number of halogens is 2. The molecule has 6 rings (SSSR count). The number of aromatic hydroxyl groups is 1. The number of rotatable bonds is 7. The second kappa shape index (κ2) is 12.3. The number of ether oxygens (including phenoxy) is 3. The molecule has 3 aromatic rings. The van der Waals surface area contributed by atoms with Crippen LogP contribution in [0.15, 0.2) is 60.7 Å². The summed E-state index contributed by atoms with van der Waals surface area (Å²) in [4.78, 5) is 16.8. The van der Waals surface area contributed by atoms with E-state index in [2.05, 4.69) is 18.7 Å². The number of benzene rings is 3. The van der Waals surface area contributed by atoms with Gasteiger partial charge in [-0.05, 0) is 87.2 Å². The van der Waals surface area contributed by atoms with E-state index in [9.17, 15) is 14.3 Å². The second-order valence-corrected chi connectivity index (χ2v) is 12.8. The van der Waals surface area contributed by atoms with Crippen LogP contribution in [0.25, 0.3) is 0 Å². The van der Waals surface area contributed by atoms with Gasteiger partial charge in [0.1, 0.15) is 28.7 Å². The molecule has 3 aromatic carbocycles. The molecule has 1 N–H and O–H groups in total. The van der Waals surface area contributed by atoms with Gasteiger partial charge in [-0.25, -0.2) is 4.39 Å².